The largest absolute Gasteiger partial charge is 0.452 e. The van der Waals surface area contributed by atoms with E-state index >= 15 is 0 Å². The first kappa shape index (κ1) is 16.7. The molecule has 0 unspecified atom stereocenters. The Morgan fingerprint density at radius 1 is 1.17 bits per heavy atom. The van der Waals surface area contributed by atoms with Gasteiger partial charge in [0.05, 0.1) is 17.9 Å². The third-order valence-electron chi connectivity index (χ3n) is 3.65. The van der Waals surface area contributed by atoms with Crippen LogP contribution in [0.3, 0.4) is 0 Å². The van der Waals surface area contributed by atoms with Crippen molar-refractivity contribution in [2.75, 3.05) is 13.7 Å². The zero-order valence-corrected chi connectivity index (χ0v) is 13.8. The number of aryl methyl sites for hydroxylation is 2. The third-order valence-corrected chi connectivity index (χ3v) is 3.65. The van der Waals surface area contributed by atoms with Crippen LogP contribution in [0.5, 0.6) is 0 Å². The molecule has 1 amide bonds. The van der Waals surface area contributed by atoms with Crippen LogP contribution in [-0.2, 0) is 16.1 Å². The Bertz CT molecular complexity index is 717. The summed E-state index contributed by atoms with van der Waals surface area (Å²) in [6.45, 7) is 5.90. The lowest BCUT2D eigenvalue weighted by Gasteiger charge is -2.06. The maximum Gasteiger partial charge on any atom is 0.342 e. The number of likely N-dealkylation sites (N-methyl/N-ethyl adjacent to an activating group) is 1. The Balaban J connectivity index is 2.16. The lowest BCUT2D eigenvalue weighted by molar-refractivity contribution is -0.123. The SMILES string of the molecule is CNC(=O)COC(=O)c1c(C)nn(Cc2ccc(C)cc2)c1C. The van der Waals surface area contributed by atoms with E-state index in [9.17, 15) is 9.59 Å². The zero-order valence-electron chi connectivity index (χ0n) is 13.8. The summed E-state index contributed by atoms with van der Waals surface area (Å²) in [5.41, 5.74) is 4.04. The van der Waals surface area contributed by atoms with Gasteiger partial charge >= 0.3 is 5.97 Å². The number of rotatable bonds is 5. The number of benzene rings is 1. The number of nitrogens with one attached hydrogen (secondary N) is 1. The molecule has 0 bridgehead atoms. The van der Waals surface area contributed by atoms with Gasteiger partial charge in [0.15, 0.2) is 6.61 Å². The van der Waals surface area contributed by atoms with E-state index in [0.29, 0.717) is 17.8 Å². The Hall–Kier alpha value is -2.63. The molecule has 1 aromatic carbocycles. The summed E-state index contributed by atoms with van der Waals surface area (Å²) in [7, 11) is 1.49. The maximum atomic E-state index is 12.2. The molecule has 2 rings (SSSR count). The normalized spacial score (nSPS) is 10.4. The number of carbonyl (C=O) groups is 2. The van der Waals surface area contributed by atoms with Crippen molar-refractivity contribution in [1.29, 1.82) is 0 Å². The summed E-state index contributed by atoms with van der Waals surface area (Å²) < 4.78 is 6.79. The van der Waals surface area contributed by atoms with E-state index < -0.39 is 5.97 Å². The van der Waals surface area contributed by atoms with Gasteiger partial charge in [0, 0.05) is 7.05 Å². The van der Waals surface area contributed by atoms with Crippen molar-refractivity contribution in [3.8, 4) is 0 Å². The second-order valence-corrected chi connectivity index (χ2v) is 5.44. The van der Waals surface area contributed by atoms with Crippen molar-refractivity contribution in [3.63, 3.8) is 0 Å². The van der Waals surface area contributed by atoms with Crippen molar-refractivity contribution < 1.29 is 14.3 Å². The Morgan fingerprint density at radius 2 is 1.83 bits per heavy atom. The van der Waals surface area contributed by atoms with Crippen LogP contribution >= 0.6 is 0 Å². The minimum absolute atomic E-state index is 0.294. The molecule has 6 heteroatoms. The van der Waals surface area contributed by atoms with Crippen LogP contribution in [-0.4, -0.2) is 35.3 Å². The molecule has 1 aromatic heterocycles. The van der Waals surface area contributed by atoms with E-state index in [1.54, 1.807) is 11.6 Å². The van der Waals surface area contributed by atoms with Gasteiger partial charge in [-0.25, -0.2) is 4.79 Å². The van der Waals surface area contributed by atoms with E-state index in [1.807, 2.05) is 38.1 Å². The van der Waals surface area contributed by atoms with Gasteiger partial charge in [-0.2, -0.15) is 5.10 Å². The van der Waals surface area contributed by atoms with Gasteiger partial charge in [0.1, 0.15) is 5.56 Å². The molecule has 0 fully saturated rings. The third kappa shape index (κ3) is 3.97. The van der Waals surface area contributed by atoms with Crippen molar-refractivity contribution in [1.82, 2.24) is 15.1 Å². The van der Waals surface area contributed by atoms with Crippen molar-refractivity contribution in [3.05, 3.63) is 52.3 Å². The molecule has 0 spiro atoms. The van der Waals surface area contributed by atoms with E-state index in [2.05, 4.69) is 10.4 Å². The highest BCUT2D eigenvalue weighted by Gasteiger charge is 2.20. The minimum atomic E-state index is -0.529. The van der Waals surface area contributed by atoms with Crippen LogP contribution in [0.2, 0.25) is 0 Å². The monoisotopic (exact) mass is 315 g/mol. The van der Waals surface area contributed by atoms with Gasteiger partial charge in [0.25, 0.3) is 5.91 Å². The predicted molar refractivity (Wildman–Crippen MR) is 86.3 cm³/mol. The molecule has 0 saturated heterocycles. The molecule has 0 aliphatic carbocycles. The quantitative estimate of drug-likeness (QED) is 0.853. The molecule has 122 valence electrons. The molecule has 23 heavy (non-hydrogen) atoms. The molecule has 6 nitrogen and oxygen atoms in total. The van der Waals surface area contributed by atoms with Crippen LogP contribution in [0.4, 0.5) is 0 Å². The summed E-state index contributed by atoms with van der Waals surface area (Å²) in [6.07, 6.45) is 0. The number of hydrogen-bond acceptors (Lipinski definition) is 4. The van der Waals surface area contributed by atoms with Crippen LogP contribution in [0, 0.1) is 20.8 Å². The summed E-state index contributed by atoms with van der Waals surface area (Å²) in [5, 5.41) is 6.82. The topological polar surface area (TPSA) is 73.2 Å². The van der Waals surface area contributed by atoms with Gasteiger partial charge < -0.3 is 10.1 Å². The first-order valence-electron chi connectivity index (χ1n) is 7.39. The molecular weight excluding hydrogens is 294 g/mol. The lowest BCUT2D eigenvalue weighted by Crippen LogP contribution is -2.25. The highest BCUT2D eigenvalue weighted by atomic mass is 16.5. The van der Waals surface area contributed by atoms with Gasteiger partial charge in [-0.3, -0.25) is 9.48 Å². The van der Waals surface area contributed by atoms with Crippen molar-refractivity contribution in [2.24, 2.45) is 0 Å². The Kier molecular flexibility index (Phi) is 5.16. The standard InChI is InChI=1S/C17H21N3O3/c1-11-5-7-14(8-6-11)9-20-13(3)16(12(2)19-20)17(22)23-10-15(21)18-4/h5-8H,9-10H2,1-4H3,(H,18,21). The van der Waals surface area contributed by atoms with Crippen LogP contribution in [0.25, 0.3) is 0 Å². The molecule has 2 aromatic rings. The Morgan fingerprint density at radius 3 is 2.43 bits per heavy atom. The maximum absolute atomic E-state index is 12.2. The number of carbonyl (C=O) groups excluding carboxylic acids is 2. The average Bonchev–Trinajstić information content (AvgIpc) is 2.81. The average molecular weight is 315 g/mol. The summed E-state index contributed by atoms with van der Waals surface area (Å²) in [5.74, 6) is -0.876. The highest BCUT2D eigenvalue weighted by Crippen LogP contribution is 2.16. The van der Waals surface area contributed by atoms with Crippen molar-refractivity contribution >= 4 is 11.9 Å². The van der Waals surface area contributed by atoms with Gasteiger partial charge in [-0.15, -0.1) is 0 Å². The highest BCUT2D eigenvalue weighted by molar-refractivity contribution is 5.93. The smallest absolute Gasteiger partial charge is 0.342 e. The Labute approximate surface area is 135 Å². The number of esters is 1. The fourth-order valence-electron chi connectivity index (χ4n) is 2.29. The van der Waals surface area contributed by atoms with Gasteiger partial charge in [-0.05, 0) is 26.3 Å². The number of ether oxygens (including phenoxy) is 1. The number of amides is 1. The molecule has 0 atom stereocenters. The first-order valence-corrected chi connectivity index (χ1v) is 7.39. The molecular formula is C17H21N3O3. The number of nitrogens with zero attached hydrogens (tertiary/aromatic N) is 2. The fraction of sp³-hybridized carbons (Fsp3) is 0.353. The van der Waals surface area contributed by atoms with E-state index in [-0.39, 0.29) is 12.5 Å². The molecule has 0 saturated carbocycles. The van der Waals surface area contributed by atoms with Crippen LogP contribution < -0.4 is 5.32 Å². The second-order valence-electron chi connectivity index (χ2n) is 5.44. The first-order chi connectivity index (χ1) is 10.9. The second kappa shape index (κ2) is 7.09. The van der Waals surface area contributed by atoms with E-state index in [0.717, 1.165) is 11.3 Å². The number of hydrogen-bond donors (Lipinski definition) is 1. The summed E-state index contributed by atoms with van der Waals surface area (Å²) in [4.78, 5) is 23.3. The lowest BCUT2D eigenvalue weighted by atomic mass is 10.1. The van der Waals surface area contributed by atoms with E-state index in [1.165, 1.54) is 12.6 Å². The molecule has 0 radical (unpaired) electrons. The fourth-order valence-corrected chi connectivity index (χ4v) is 2.29. The zero-order chi connectivity index (χ0) is 17.0. The van der Waals surface area contributed by atoms with Crippen molar-refractivity contribution in [2.45, 2.75) is 27.3 Å². The van der Waals surface area contributed by atoms with Gasteiger partial charge in [-0.1, -0.05) is 29.8 Å². The molecule has 0 aliphatic heterocycles. The van der Waals surface area contributed by atoms with E-state index in [4.69, 9.17) is 4.74 Å². The van der Waals surface area contributed by atoms with Crippen LogP contribution in [0.1, 0.15) is 32.9 Å². The molecule has 0 aliphatic rings. The van der Waals surface area contributed by atoms with Crippen LogP contribution in [0.15, 0.2) is 24.3 Å². The van der Waals surface area contributed by atoms with Gasteiger partial charge in [0.2, 0.25) is 0 Å². The number of aromatic nitrogens is 2. The molecule has 1 N–H and O–H groups in total. The predicted octanol–water partition coefficient (Wildman–Crippen LogP) is 1.76. The molecule has 1 heterocycles. The summed E-state index contributed by atoms with van der Waals surface area (Å²) in [6, 6.07) is 8.16. The minimum Gasteiger partial charge on any atom is -0.452 e. The summed E-state index contributed by atoms with van der Waals surface area (Å²) >= 11 is 0.